The Labute approximate surface area is 113 Å². The summed E-state index contributed by atoms with van der Waals surface area (Å²) in [6.45, 7) is 0.147. The van der Waals surface area contributed by atoms with Gasteiger partial charge < -0.3 is 5.73 Å². The van der Waals surface area contributed by atoms with E-state index in [1.165, 1.54) is 16.8 Å². The van der Waals surface area contributed by atoms with Crippen LogP contribution in [-0.2, 0) is 6.54 Å². The Balaban J connectivity index is 2.04. The molecule has 0 aliphatic heterocycles. The third kappa shape index (κ3) is 2.11. The smallest absolute Gasteiger partial charge is 0.277 e. The van der Waals surface area contributed by atoms with E-state index >= 15 is 0 Å². The van der Waals surface area contributed by atoms with Crippen LogP contribution in [0.15, 0.2) is 47.3 Å². The molecular weight excluding hydrogens is 259 g/mol. The molecule has 0 radical (unpaired) electrons. The zero-order chi connectivity index (χ0) is 14.1. The second-order valence-electron chi connectivity index (χ2n) is 4.43. The lowest BCUT2D eigenvalue weighted by Crippen LogP contribution is -2.24. The highest BCUT2D eigenvalue weighted by atomic mass is 19.1. The van der Waals surface area contributed by atoms with Gasteiger partial charge in [0, 0.05) is 0 Å². The van der Waals surface area contributed by atoms with Crippen LogP contribution in [0, 0.1) is 5.82 Å². The van der Waals surface area contributed by atoms with Gasteiger partial charge in [-0.3, -0.25) is 4.79 Å². The van der Waals surface area contributed by atoms with Crippen LogP contribution in [-0.4, -0.2) is 15.0 Å². The maximum atomic E-state index is 13.4. The van der Waals surface area contributed by atoms with Gasteiger partial charge in [-0.15, -0.1) is 5.10 Å². The number of aromatic nitrogens is 3. The Bertz CT molecular complexity index is 844. The quantitative estimate of drug-likeness (QED) is 0.717. The molecule has 0 aliphatic carbocycles. The molecule has 0 saturated carbocycles. The van der Waals surface area contributed by atoms with E-state index in [9.17, 15) is 9.18 Å². The minimum atomic E-state index is -0.510. The number of benzene rings is 2. The molecule has 0 bridgehead atoms. The molecule has 0 fully saturated rings. The van der Waals surface area contributed by atoms with Gasteiger partial charge in [0.05, 0.1) is 17.6 Å². The van der Waals surface area contributed by atoms with Crippen molar-refractivity contribution < 1.29 is 4.39 Å². The van der Waals surface area contributed by atoms with Crippen molar-refractivity contribution in [2.45, 2.75) is 6.54 Å². The first-order valence-electron chi connectivity index (χ1n) is 6.01. The number of halogens is 1. The molecular formula is C14H11FN4O. The summed E-state index contributed by atoms with van der Waals surface area (Å²) in [5.41, 5.74) is 6.37. The van der Waals surface area contributed by atoms with Crippen molar-refractivity contribution in [3.05, 3.63) is 64.2 Å². The van der Waals surface area contributed by atoms with E-state index in [2.05, 4.69) is 10.3 Å². The standard InChI is InChI=1S/C14H11FN4O/c15-11-7-9(5-6-12(11)16)8-19-14(20)10-3-1-2-4-13(10)17-18-19/h1-7H,8,16H2. The van der Waals surface area contributed by atoms with Crippen LogP contribution in [0.1, 0.15) is 5.56 Å². The number of fused-ring (bicyclic) bond motifs is 1. The number of nitrogens with zero attached hydrogens (tertiary/aromatic N) is 3. The summed E-state index contributed by atoms with van der Waals surface area (Å²) in [5.74, 6) is -0.510. The first kappa shape index (κ1) is 12.3. The molecule has 2 N–H and O–H groups in total. The monoisotopic (exact) mass is 270 g/mol. The molecule has 20 heavy (non-hydrogen) atoms. The normalized spacial score (nSPS) is 10.8. The Hall–Kier alpha value is -2.76. The first-order valence-corrected chi connectivity index (χ1v) is 6.01. The molecule has 6 heteroatoms. The molecule has 1 heterocycles. The SMILES string of the molecule is Nc1ccc(Cn2nnc3ccccc3c2=O)cc1F. The van der Waals surface area contributed by atoms with Crippen molar-refractivity contribution in [3.8, 4) is 0 Å². The van der Waals surface area contributed by atoms with Gasteiger partial charge in [0.2, 0.25) is 0 Å². The zero-order valence-electron chi connectivity index (χ0n) is 10.5. The van der Waals surface area contributed by atoms with Gasteiger partial charge in [-0.1, -0.05) is 23.4 Å². The van der Waals surface area contributed by atoms with E-state index < -0.39 is 5.82 Å². The summed E-state index contributed by atoms with van der Waals surface area (Å²) in [5, 5.41) is 8.31. The summed E-state index contributed by atoms with van der Waals surface area (Å²) < 4.78 is 14.6. The molecule has 1 aromatic heterocycles. The van der Waals surface area contributed by atoms with Gasteiger partial charge in [-0.25, -0.2) is 9.07 Å². The molecule has 3 aromatic rings. The lowest BCUT2D eigenvalue weighted by atomic mass is 10.2. The Kier molecular flexibility index (Phi) is 2.90. The lowest BCUT2D eigenvalue weighted by Gasteiger charge is -2.06. The van der Waals surface area contributed by atoms with Crippen LogP contribution >= 0.6 is 0 Å². The number of hydrogen-bond donors (Lipinski definition) is 1. The van der Waals surface area contributed by atoms with Gasteiger partial charge >= 0.3 is 0 Å². The van der Waals surface area contributed by atoms with E-state index in [0.29, 0.717) is 16.5 Å². The van der Waals surface area contributed by atoms with E-state index in [4.69, 9.17) is 5.73 Å². The average molecular weight is 270 g/mol. The molecule has 0 saturated heterocycles. The van der Waals surface area contributed by atoms with Crippen LogP contribution in [0.3, 0.4) is 0 Å². The van der Waals surface area contributed by atoms with Crippen molar-refractivity contribution in [1.29, 1.82) is 0 Å². The van der Waals surface area contributed by atoms with Gasteiger partial charge in [0.1, 0.15) is 11.3 Å². The largest absolute Gasteiger partial charge is 0.396 e. The van der Waals surface area contributed by atoms with Crippen molar-refractivity contribution in [2.75, 3.05) is 5.73 Å². The third-order valence-electron chi connectivity index (χ3n) is 3.03. The van der Waals surface area contributed by atoms with Crippen LogP contribution < -0.4 is 11.3 Å². The van der Waals surface area contributed by atoms with E-state index in [-0.39, 0.29) is 17.8 Å². The Morgan fingerprint density at radius 1 is 1.20 bits per heavy atom. The molecule has 0 unspecified atom stereocenters. The summed E-state index contributed by atoms with van der Waals surface area (Å²) in [4.78, 5) is 12.2. The molecule has 0 aliphatic rings. The topological polar surface area (TPSA) is 73.8 Å². The average Bonchev–Trinajstić information content (AvgIpc) is 2.46. The summed E-state index contributed by atoms with van der Waals surface area (Å²) >= 11 is 0. The fourth-order valence-corrected chi connectivity index (χ4v) is 1.97. The molecule has 100 valence electrons. The first-order chi connectivity index (χ1) is 9.65. The summed E-state index contributed by atoms with van der Waals surface area (Å²) in [6, 6.07) is 11.4. The van der Waals surface area contributed by atoms with Crippen molar-refractivity contribution >= 4 is 16.6 Å². The lowest BCUT2D eigenvalue weighted by molar-refractivity contribution is 0.591. The van der Waals surface area contributed by atoms with Gasteiger partial charge in [0.15, 0.2) is 0 Å². The summed E-state index contributed by atoms with van der Waals surface area (Å²) in [7, 11) is 0. The maximum absolute atomic E-state index is 13.4. The predicted molar refractivity (Wildman–Crippen MR) is 73.7 cm³/mol. The zero-order valence-corrected chi connectivity index (χ0v) is 10.5. The second-order valence-corrected chi connectivity index (χ2v) is 4.43. The van der Waals surface area contributed by atoms with E-state index in [0.717, 1.165) is 0 Å². The van der Waals surface area contributed by atoms with Gasteiger partial charge in [-0.05, 0) is 29.8 Å². The predicted octanol–water partition coefficient (Wildman–Crippen LogP) is 1.56. The maximum Gasteiger partial charge on any atom is 0.277 e. The van der Waals surface area contributed by atoms with E-state index in [1.807, 2.05) is 0 Å². The van der Waals surface area contributed by atoms with E-state index in [1.54, 1.807) is 30.3 Å². The number of anilines is 1. The van der Waals surface area contributed by atoms with Crippen LogP contribution in [0.25, 0.3) is 10.9 Å². The van der Waals surface area contributed by atoms with Crippen molar-refractivity contribution in [1.82, 2.24) is 15.0 Å². The third-order valence-corrected chi connectivity index (χ3v) is 3.03. The second kappa shape index (κ2) is 4.73. The molecule has 0 spiro atoms. The number of rotatable bonds is 2. The van der Waals surface area contributed by atoms with Crippen LogP contribution in [0.4, 0.5) is 10.1 Å². The fourth-order valence-electron chi connectivity index (χ4n) is 1.97. The Morgan fingerprint density at radius 3 is 2.80 bits per heavy atom. The molecule has 2 aromatic carbocycles. The molecule has 3 rings (SSSR count). The summed E-state index contributed by atoms with van der Waals surface area (Å²) in [6.07, 6.45) is 0. The highest BCUT2D eigenvalue weighted by Gasteiger charge is 2.07. The molecule has 0 amide bonds. The Morgan fingerprint density at radius 2 is 2.00 bits per heavy atom. The molecule has 5 nitrogen and oxygen atoms in total. The van der Waals surface area contributed by atoms with Gasteiger partial charge in [0.25, 0.3) is 5.56 Å². The molecule has 0 atom stereocenters. The van der Waals surface area contributed by atoms with Crippen molar-refractivity contribution in [3.63, 3.8) is 0 Å². The fraction of sp³-hybridized carbons (Fsp3) is 0.0714. The highest BCUT2D eigenvalue weighted by molar-refractivity contribution is 5.76. The highest BCUT2D eigenvalue weighted by Crippen LogP contribution is 2.12. The number of nitrogens with two attached hydrogens (primary N) is 1. The van der Waals surface area contributed by atoms with Crippen LogP contribution in [0.5, 0.6) is 0 Å². The number of hydrogen-bond acceptors (Lipinski definition) is 4. The van der Waals surface area contributed by atoms with Gasteiger partial charge in [-0.2, -0.15) is 0 Å². The van der Waals surface area contributed by atoms with Crippen molar-refractivity contribution in [2.24, 2.45) is 0 Å². The minimum Gasteiger partial charge on any atom is -0.396 e. The number of nitrogen functional groups attached to an aromatic ring is 1. The minimum absolute atomic E-state index is 0.0747. The van der Waals surface area contributed by atoms with Crippen LogP contribution in [0.2, 0.25) is 0 Å².